The number of carbonyl (C=O) groups is 1. The van der Waals surface area contributed by atoms with E-state index in [2.05, 4.69) is 4.90 Å². The Morgan fingerprint density at radius 1 is 1.59 bits per heavy atom. The summed E-state index contributed by atoms with van der Waals surface area (Å²) in [5.74, 6) is -0.722. The zero-order valence-electron chi connectivity index (χ0n) is 9.78. The Kier molecular flexibility index (Phi) is 3.76. The van der Waals surface area contributed by atoms with Gasteiger partial charge < -0.3 is 5.11 Å². The van der Waals surface area contributed by atoms with Crippen molar-refractivity contribution in [2.75, 3.05) is 6.54 Å². The highest BCUT2D eigenvalue weighted by Crippen LogP contribution is 2.31. The smallest absolute Gasteiger partial charge is 0.323 e. The van der Waals surface area contributed by atoms with Crippen LogP contribution in [0, 0.1) is 0 Å². The highest BCUT2D eigenvalue weighted by molar-refractivity contribution is 7.16. The van der Waals surface area contributed by atoms with E-state index in [-0.39, 0.29) is 0 Å². The van der Waals surface area contributed by atoms with E-state index < -0.39 is 11.5 Å². The van der Waals surface area contributed by atoms with E-state index in [0.29, 0.717) is 6.54 Å². The van der Waals surface area contributed by atoms with E-state index in [1.165, 1.54) is 11.3 Å². The summed E-state index contributed by atoms with van der Waals surface area (Å²) in [6.07, 6.45) is 2.79. The zero-order chi connectivity index (χ0) is 12.5. The molecule has 0 aromatic carbocycles. The van der Waals surface area contributed by atoms with Gasteiger partial charge in [0.25, 0.3) is 0 Å². The maximum absolute atomic E-state index is 11.4. The summed E-state index contributed by atoms with van der Waals surface area (Å²) in [5, 5.41) is 9.39. The average molecular weight is 274 g/mol. The summed E-state index contributed by atoms with van der Waals surface area (Å²) in [6, 6.07) is 3.84. The van der Waals surface area contributed by atoms with Crippen molar-refractivity contribution in [1.29, 1.82) is 0 Å². The molecule has 1 N–H and O–H groups in total. The molecule has 3 nitrogen and oxygen atoms in total. The number of hydrogen-bond donors (Lipinski definition) is 1. The fourth-order valence-electron chi connectivity index (χ4n) is 2.30. The number of rotatable bonds is 3. The molecule has 1 fully saturated rings. The first-order valence-electron chi connectivity index (χ1n) is 5.75. The van der Waals surface area contributed by atoms with Crippen molar-refractivity contribution in [2.45, 2.75) is 38.3 Å². The molecule has 1 aliphatic heterocycles. The van der Waals surface area contributed by atoms with E-state index >= 15 is 0 Å². The van der Waals surface area contributed by atoms with Gasteiger partial charge in [0.1, 0.15) is 5.54 Å². The van der Waals surface area contributed by atoms with Gasteiger partial charge in [0.05, 0.1) is 4.34 Å². The Hall–Kier alpha value is -0.580. The highest BCUT2D eigenvalue weighted by Gasteiger charge is 2.41. The minimum Gasteiger partial charge on any atom is -0.480 e. The Balaban J connectivity index is 2.14. The molecule has 5 heteroatoms. The average Bonchev–Trinajstić information content (AvgIpc) is 2.67. The summed E-state index contributed by atoms with van der Waals surface area (Å²) in [4.78, 5) is 14.6. The Labute approximate surface area is 110 Å². The van der Waals surface area contributed by atoms with E-state index in [9.17, 15) is 9.90 Å². The second kappa shape index (κ2) is 4.96. The van der Waals surface area contributed by atoms with Crippen LogP contribution in [-0.4, -0.2) is 28.1 Å². The molecule has 1 aliphatic rings. The van der Waals surface area contributed by atoms with E-state index in [0.717, 1.165) is 35.0 Å². The molecule has 1 aromatic heterocycles. The van der Waals surface area contributed by atoms with Gasteiger partial charge in [0, 0.05) is 11.4 Å². The Morgan fingerprint density at radius 3 is 2.94 bits per heavy atom. The lowest BCUT2D eigenvalue weighted by molar-refractivity contribution is -0.153. The van der Waals surface area contributed by atoms with Crippen molar-refractivity contribution >= 4 is 28.9 Å². The molecule has 1 unspecified atom stereocenters. The van der Waals surface area contributed by atoms with Crippen molar-refractivity contribution in [1.82, 2.24) is 4.90 Å². The summed E-state index contributed by atoms with van der Waals surface area (Å²) >= 11 is 7.42. The topological polar surface area (TPSA) is 40.5 Å². The van der Waals surface area contributed by atoms with Gasteiger partial charge in [0.15, 0.2) is 0 Å². The second-order valence-electron chi connectivity index (χ2n) is 4.66. The molecule has 0 spiro atoms. The number of carboxylic acid groups (broad SMARTS) is 1. The summed E-state index contributed by atoms with van der Waals surface area (Å²) in [7, 11) is 0. The number of aliphatic carboxylic acids is 1. The van der Waals surface area contributed by atoms with Gasteiger partial charge in [0.2, 0.25) is 0 Å². The largest absolute Gasteiger partial charge is 0.480 e. The predicted molar refractivity (Wildman–Crippen MR) is 69.6 cm³/mol. The molecule has 2 rings (SSSR count). The molecular formula is C12H16ClNO2S. The van der Waals surface area contributed by atoms with Crippen LogP contribution in [0.25, 0.3) is 0 Å². The van der Waals surface area contributed by atoms with Crippen molar-refractivity contribution < 1.29 is 9.90 Å². The molecule has 0 aliphatic carbocycles. The predicted octanol–water partition coefficient (Wildman–Crippen LogP) is 3.23. The third-order valence-electron chi connectivity index (χ3n) is 3.48. The minimum absolute atomic E-state index is 0.681. The van der Waals surface area contributed by atoms with Gasteiger partial charge in [-0.1, -0.05) is 11.6 Å². The maximum atomic E-state index is 11.4. The molecule has 0 radical (unpaired) electrons. The lowest BCUT2D eigenvalue weighted by Gasteiger charge is -2.41. The molecule has 94 valence electrons. The lowest BCUT2D eigenvalue weighted by atomic mass is 9.88. The minimum atomic E-state index is -0.727. The van der Waals surface area contributed by atoms with Crippen LogP contribution in [0.5, 0.6) is 0 Å². The van der Waals surface area contributed by atoms with Crippen LogP contribution in [0.4, 0.5) is 0 Å². The monoisotopic (exact) mass is 273 g/mol. The third kappa shape index (κ3) is 2.64. The van der Waals surface area contributed by atoms with Crippen LogP contribution in [0.3, 0.4) is 0 Å². The number of piperidine rings is 1. The van der Waals surface area contributed by atoms with Gasteiger partial charge in [-0.05, 0) is 44.9 Å². The van der Waals surface area contributed by atoms with Crippen LogP contribution < -0.4 is 0 Å². The van der Waals surface area contributed by atoms with Gasteiger partial charge in [-0.15, -0.1) is 11.3 Å². The number of nitrogens with zero attached hydrogens (tertiary/aromatic N) is 1. The van der Waals surface area contributed by atoms with Crippen LogP contribution in [0.15, 0.2) is 12.1 Å². The molecule has 0 saturated carbocycles. The molecule has 2 heterocycles. The first kappa shape index (κ1) is 12.9. The van der Waals surface area contributed by atoms with E-state index in [1.54, 1.807) is 0 Å². The summed E-state index contributed by atoms with van der Waals surface area (Å²) < 4.78 is 0.758. The third-order valence-corrected chi connectivity index (χ3v) is 4.69. The molecule has 1 atom stereocenters. The molecule has 0 amide bonds. The quantitative estimate of drug-likeness (QED) is 0.919. The number of likely N-dealkylation sites (tertiary alicyclic amines) is 1. The molecule has 17 heavy (non-hydrogen) atoms. The van der Waals surface area contributed by atoms with Crippen molar-refractivity contribution in [3.05, 3.63) is 21.3 Å². The second-order valence-corrected chi connectivity index (χ2v) is 6.46. The van der Waals surface area contributed by atoms with E-state index in [4.69, 9.17) is 11.6 Å². The number of thiophene rings is 1. The number of hydrogen-bond acceptors (Lipinski definition) is 3. The van der Waals surface area contributed by atoms with Crippen LogP contribution >= 0.6 is 22.9 Å². The Morgan fingerprint density at radius 2 is 2.35 bits per heavy atom. The molecule has 0 bridgehead atoms. The molecular weight excluding hydrogens is 258 g/mol. The van der Waals surface area contributed by atoms with Gasteiger partial charge >= 0.3 is 5.97 Å². The number of carboxylic acids is 1. The lowest BCUT2D eigenvalue weighted by Crippen LogP contribution is -2.54. The maximum Gasteiger partial charge on any atom is 0.323 e. The fraction of sp³-hybridized carbons (Fsp3) is 0.583. The molecule has 1 aromatic rings. The van der Waals surface area contributed by atoms with Crippen molar-refractivity contribution in [3.63, 3.8) is 0 Å². The van der Waals surface area contributed by atoms with Crippen LogP contribution in [-0.2, 0) is 11.3 Å². The normalized spacial score (nSPS) is 26.0. The van der Waals surface area contributed by atoms with Crippen LogP contribution in [0.2, 0.25) is 4.34 Å². The summed E-state index contributed by atoms with van der Waals surface area (Å²) in [5.41, 5.74) is -0.727. The first-order valence-corrected chi connectivity index (χ1v) is 6.94. The van der Waals surface area contributed by atoms with Crippen LogP contribution in [0.1, 0.15) is 31.1 Å². The highest BCUT2D eigenvalue weighted by atomic mass is 35.5. The van der Waals surface area contributed by atoms with Crippen molar-refractivity contribution in [3.8, 4) is 0 Å². The standard InChI is InChI=1S/C12H16ClNO2S/c1-12(11(15)16)6-2-3-7-14(12)8-9-4-5-10(13)17-9/h4-5H,2-3,6-8H2,1H3,(H,15,16). The van der Waals surface area contributed by atoms with E-state index in [1.807, 2.05) is 19.1 Å². The van der Waals surface area contributed by atoms with Gasteiger partial charge in [-0.3, -0.25) is 9.69 Å². The Bertz CT molecular complexity index is 420. The van der Waals surface area contributed by atoms with Gasteiger partial charge in [-0.25, -0.2) is 0 Å². The fourth-order valence-corrected chi connectivity index (χ4v) is 3.40. The zero-order valence-corrected chi connectivity index (χ0v) is 11.4. The first-order chi connectivity index (χ1) is 8.02. The molecule has 1 saturated heterocycles. The number of halogens is 1. The van der Waals surface area contributed by atoms with Crippen molar-refractivity contribution in [2.24, 2.45) is 0 Å². The SMILES string of the molecule is CC1(C(=O)O)CCCCN1Cc1ccc(Cl)s1. The summed E-state index contributed by atoms with van der Waals surface area (Å²) in [6.45, 7) is 3.35. The van der Waals surface area contributed by atoms with Gasteiger partial charge in [-0.2, -0.15) is 0 Å².